The Kier molecular flexibility index (Phi) is 5.95. The number of amides is 1. The van der Waals surface area contributed by atoms with E-state index >= 15 is 0 Å². The average molecular weight is 212 g/mol. The molecule has 0 aliphatic heterocycles. The number of nitrogens with one attached hydrogen (secondary N) is 1. The molecule has 0 heterocycles. The highest BCUT2D eigenvalue weighted by atomic mass is 16.5. The number of methoxy groups -OCH3 is 1. The maximum atomic E-state index is 11.3. The van der Waals surface area contributed by atoms with Gasteiger partial charge in [-0.2, -0.15) is 5.26 Å². The molecular weight excluding hydrogens is 192 g/mol. The Morgan fingerprint density at radius 2 is 2.20 bits per heavy atom. The first kappa shape index (κ1) is 13.9. The second kappa shape index (κ2) is 6.41. The zero-order chi connectivity index (χ0) is 11.9. The summed E-state index contributed by atoms with van der Waals surface area (Å²) in [5, 5.41) is 11.3. The molecule has 15 heavy (non-hydrogen) atoms. The second-order valence-electron chi connectivity index (χ2n) is 4.48. The molecule has 0 aromatic carbocycles. The lowest BCUT2D eigenvalue weighted by Gasteiger charge is -2.24. The van der Waals surface area contributed by atoms with Crippen LogP contribution in [0, 0.1) is 22.7 Å². The molecule has 0 saturated heterocycles. The molecule has 0 radical (unpaired) electrons. The molecular formula is C11H20N2O2. The monoisotopic (exact) mass is 212 g/mol. The smallest absolute Gasteiger partial charge is 0.237 e. The van der Waals surface area contributed by atoms with Gasteiger partial charge in [0.25, 0.3) is 0 Å². The van der Waals surface area contributed by atoms with Gasteiger partial charge < -0.3 is 10.1 Å². The van der Waals surface area contributed by atoms with E-state index in [1.807, 2.05) is 6.07 Å². The molecule has 0 aromatic rings. The largest absolute Gasteiger partial charge is 0.385 e. The quantitative estimate of drug-likeness (QED) is 0.722. The fourth-order valence-corrected chi connectivity index (χ4v) is 1.00. The molecule has 86 valence electrons. The van der Waals surface area contributed by atoms with E-state index in [0.717, 1.165) is 6.42 Å². The molecule has 0 bridgehead atoms. The Bertz CT molecular complexity index is 243. The SMILES string of the molecule is COCCC(C)(C)CNC(=O)C(C)C#N. The zero-order valence-electron chi connectivity index (χ0n) is 9.96. The third-order valence-corrected chi connectivity index (χ3v) is 2.31. The van der Waals surface area contributed by atoms with Gasteiger partial charge in [-0.15, -0.1) is 0 Å². The first-order valence-electron chi connectivity index (χ1n) is 5.09. The molecule has 1 unspecified atom stereocenters. The van der Waals surface area contributed by atoms with Crippen molar-refractivity contribution in [2.45, 2.75) is 27.2 Å². The molecule has 0 aromatic heterocycles. The Morgan fingerprint density at radius 3 is 2.67 bits per heavy atom. The number of rotatable bonds is 6. The summed E-state index contributed by atoms with van der Waals surface area (Å²) in [4.78, 5) is 11.3. The Morgan fingerprint density at radius 1 is 1.60 bits per heavy atom. The molecule has 0 saturated carbocycles. The van der Waals surface area contributed by atoms with Gasteiger partial charge in [0.05, 0.1) is 6.07 Å². The van der Waals surface area contributed by atoms with Crippen LogP contribution in [0.2, 0.25) is 0 Å². The van der Waals surface area contributed by atoms with Crippen LogP contribution >= 0.6 is 0 Å². The zero-order valence-corrected chi connectivity index (χ0v) is 9.96. The van der Waals surface area contributed by atoms with Crippen molar-refractivity contribution in [1.82, 2.24) is 5.32 Å². The van der Waals surface area contributed by atoms with Gasteiger partial charge in [0, 0.05) is 20.3 Å². The summed E-state index contributed by atoms with van der Waals surface area (Å²) in [6, 6.07) is 1.91. The molecule has 0 aliphatic rings. The predicted molar refractivity (Wildman–Crippen MR) is 58.1 cm³/mol. The standard InChI is InChI=1S/C11H20N2O2/c1-9(7-12)10(14)13-8-11(2,3)5-6-15-4/h9H,5-6,8H2,1-4H3,(H,13,14). The summed E-state index contributed by atoms with van der Waals surface area (Å²) < 4.78 is 4.99. The minimum atomic E-state index is -0.580. The lowest BCUT2D eigenvalue weighted by Crippen LogP contribution is -2.37. The van der Waals surface area contributed by atoms with Crippen molar-refractivity contribution in [1.29, 1.82) is 5.26 Å². The van der Waals surface area contributed by atoms with Crippen molar-refractivity contribution in [3.8, 4) is 6.07 Å². The van der Waals surface area contributed by atoms with Crippen LogP contribution in [-0.4, -0.2) is 26.2 Å². The molecule has 4 nitrogen and oxygen atoms in total. The van der Waals surface area contributed by atoms with Crippen LogP contribution in [0.3, 0.4) is 0 Å². The van der Waals surface area contributed by atoms with Gasteiger partial charge in [0.15, 0.2) is 0 Å². The second-order valence-corrected chi connectivity index (χ2v) is 4.48. The summed E-state index contributed by atoms with van der Waals surface area (Å²) >= 11 is 0. The molecule has 0 spiro atoms. The van der Waals surface area contributed by atoms with Gasteiger partial charge in [0.1, 0.15) is 5.92 Å². The van der Waals surface area contributed by atoms with E-state index in [9.17, 15) is 4.79 Å². The van der Waals surface area contributed by atoms with Crippen LogP contribution in [-0.2, 0) is 9.53 Å². The van der Waals surface area contributed by atoms with Gasteiger partial charge in [-0.25, -0.2) is 0 Å². The van der Waals surface area contributed by atoms with E-state index in [1.165, 1.54) is 0 Å². The van der Waals surface area contributed by atoms with Gasteiger partial charge in [-0.3, -0.25) is 4.79 Å². The number of carbonyl (C=O) groups is 1. The predicted octanol–water partition coefficient (Wildman–Crippen LogP) is 1.32. The summed E-state index contributed by atoms with van der Waals surface area (Å²) in [5.41, 5.74) is 0.000839. The average Bonchev–Trinajstić information content (AvgIpc) is 2.22. The van der Waals surface area contributed by atoms with Gasteiger partial charge in [-0.1, -0.05) is 13.8 Å². The maximum absolute atomic E-state index is 11.3. The van der Waals surface area contributed by atoms with Gasteiger partial charge in [0.2, 0.25) is 5.91 Å². The summed E-state index contributed by atoms with van der Waals surface area (Å²) in [5.74, 6) is -0.786. The Balaban J connectivity index is 3.93. The molecule has 0 rings (SSSR count). The highest BCUT2D eigenvalue weighted by molar-refractivity contribution is 5.80. The number of nitrogens with zero attached hydrogens (tertiary/aromatic N) is 1. The number of hydrogen-bond donors (Lipinski definition) is 1. The lowest BCUT2D eigenvalue weighted by atomic mass is 9.89. The summed E-state index contributed by atoms with van der Waals surface area (Å²) in [6.07, 6.45) is 0.880. The van der Waals surface area contributed by atoms with Crippen molar-refractivity contribution in [2.75, 3.05) is 20.3 Å². The van der Waals surface area contributed by atoms with Crippen molar-refractivity contribution in [3.05, 3.63) is 0 Å². The Labute approximate surface area is 91.6 Å². The highest BCUT2D eigenvalue weighted by Gasteiger charge is 2.20. The molecule has 1 N–H and O–H groups in total. The lowest BCUT2D eigenvalue weighted by molar-refractivity contribution is -0.123. The molecule has 1 amide bonds. The highest BCUT2D eigenvalue weighted by Crippen LogP contribution is 2.18. The van der Waals surface area contributed by atoms with Crippen molar-refractivity contribution < 1.29 is 9.53 Å². The topological polar surface area (TPSA) is 62.1 Å². The fraction of sp³-hybridized carbons (Fsp3) is 0.818. The minimum Gasteiger partial charge on any atom is -0.385 e. The van der Waals surface area contributed by atoms with Crippen LogP contribution in [0.4, 0.5) is 0 Å². The van der Waals surface area contributed by atoms with Crippen molar-refractivity contribution in [2.24, 2.45) is 11.3 Å². The Hall–Kier alpha value is -1.08. The van der Waals surface area contributed by atoms with Crippen LogP contribution < -0.4 is 5.32 Å². The number of carbonyl (C=O) groups excluding carboxylic acids is 1. The minimum absolute atomic E-state index is 0.000839. The number of hydrogen-bond acceptors (Lipinski definition) is 3. The maximum Gasteiger partial charge on any atom is 0.237 e. The number of nitriles is 1. The summed E-state index contributed by atoms with van der Waals surface area (Å²) in [7, 11) is 1.66. The molecule has 4 heteroatoms. The third-order valence-electron chi connectivity index (χ3n) is 2.31. The van der Waals surface area contributed by atoms with Crippen LogP contribution in [0.5, 0.6) is 0 Å². The van der Waals surface area contributed by atoms with Crippen molar-refractivity contribution in [3.63, 3.8) is 0 Å². The normalized spacial score (nSPS) is 13.0. The van der Waals surface area contributed by atoms with Crippen LogP contribution in [0.1, 0.15) is 27.2 Å². The first-order chi connectivity index (χ1) is 6.93. The van der Waals surface area contributed by atoms with Crippen molar-refractivity contribution >= 4 is 5.91 Å². The fourth-order valence-electron chi connectivity index (χ4n) is 1.00. The third kappa shape index (κ3) is 6.08. The summed E-state index contributed by atoms with van der Waals surface area (Å²) in [6.45, 7) is 6.96. The first-order valence-corrected chi connectivity index (χ1v) is 5.09. The van der Waals surface area contributed by atoms with Crippen LogP contribution in [0.25, 0.3) is 0 Å². The van der Waals surface area contributed by atoms with E-state index in [1.54, 1.807) is 14.0 Å². The van der Waals surface area contributed by atoms with Gasteiger partial charge in [-0.05, 0) is 18.8 Å². The number of ether oxygens (including phenoxy) is 1. The van der Waals surface area contributed by atoms with Gasteiger partial charge >= 0.3 is 0 Å². The van der Waals surface area contributed by atoms with E-state index in [-0.39, 0.29) is 11.3 Å². The van der Waals surface area contributed by atoms with E-state index < -0.39 is 5.92 Å². The molecule has 0 aliphatic carbocycles. The molecule has 1 atom stereocenters. The van der Waals surface area contributed by atoms with E-state index in [0.29, 0.717) is 13.2 Å². The van der Waals surface area contributed by atoms with Crippen LogP contribution in [0.15, 0.2) is 0 Å². The molecule has 0 fully saturated rings. The van der Waals surface area contributed by atoms with E-state index in [4.69, 9.17) is 10.00 Å². The van der Waals surface area contributed by atoms with E-state index in [2.05, 4.69) is 19.2 Å².